The molecule has 1 saturated heterocycles. The highest BCUT2D eigenvalue weighted by Crippen LogP contribution is 2.44. The molecule has 1 amide bonds. The molecule has 10 heteroatoms. The first-order valence-electron chi connectivity index (χ1n) is 9.11. The number of thiophene rings is 1. The van der Waals surface area contributed by atoms with Gasteiger partial charge in [-0.25, -0.2) is 9.50 Å². The van der Waals surface area contributed by atoms with Gasteiger partial charge in [-0.15, -0.1) is 11.3 Å². The van der Waals surface area contributed by atoms with Crippen LogP contribution in [0.1, 0.15) is 44.5 Å². The molecule has 1 aliphatic heterocycles. The van der Waals surface area contributed by atoms with Crippen molar-refractivity contribution in [2.45, 2.75) is 50.9 Å². The summed E-state index contributed by atoms with van der Waals surface area (Å²) in [5.41, 5.74) is -1.01. The lowest BCUT2D eigenvalue weighted by atomic mass is 9.83. The molecule has 0 spiro atoms. The number of fused-ring (bicyclic) bond motifs is 1. The van der Waals surface area contributed by atoms with Crippen LogP contribution in [0.15, 0.2) is 28.1 Å². The number of alkyl halides is 3. The Balaban J connectivity index is 1.99. The van der Waals surface area contributed by atoms with E-state index in [1.807, 2.05) is 13.8 Å². The largest absolute Gasteiger partial charge is 0.433 e. The molecule has 154 valence electrons. The van der Waals surface area contributed by atoms with E-state index in [9.17, 15) is 18.0 Å². The van der Waals surface area contributed by atoms with Crippen LogP contribution in [0.4, 0.5) is 13.2 Å². The van der Waals surface area contributed by atoms with Crippen molar-refractivity contribution in [2.24, 2.45) is 0 Å². The lowest BCUT2D eigenvalue weighted by Crippen LogP contribution is -2.51. The number of carbonyl (C=O) groups excluding carboxylic acids is 1. The van der Waals surface area contributed by atoms with Crippen LogP contribution in [0.25, 0.3) is 16.2 Å². The first kappa shape index (κ1) is 20.3. The Morgan fingerprint density at radius 1 is 1.41 bits per heavy atom. The van der Waals surface area contributed by atoms with Gasteiger partial charge in [0.05, 0.1) is 20.6 Å². The number of hydrogen-bond acceptors (Lipinski definition) is 4. The van der Waals surface area contributed by atoms with E-state index in [-0.39, 0.29) is 17.4 Å². The lowest BCUT2D eigenvalue weighted by Gasteiger charge is -2.45. The van der Waals surface area contributed by atoms with Gasteiger partial charge in [0.2, 0.25) is 6.41 Å². The first-order chi connectivity index (χ1) is 13.7. The zero-order chi connectivity index (χ0) is 21.0. The van der Waals surface area contributed by atoms with Crippen molar-refractivity contribution < 1.29 is 18.0 Å². The molecule has 1 fully saturated rings. The molecule has 4 heterocycles. The van der Waals surface area contributed by atoms with Gasteiger partial charge >= 0.3 is 6.18 Å². The third-order valence-electron chi connectivity index (χ3n) is 5.55. The summed E-state index contributed by atoms with van der Waals surface area (Å²) in [6.45, 7) is 3.78. The van der Waals surface area contributed by atoms with Crippen molar-refractivity contribution >= 4 is 39.3 Å². The highest BCUT2D eigenvalue weighted by atomic mass is 79.9. The molecule has 2 atom stereocenters. The third kappa shape index (κ3) is 3.26. The molecule has 29 heavy (non-hydrogen) atoms. The maximum Gasteiger partial charge on any atom is 0.433 e. The predicted octanol–water partition coefficient (Wildman–Crippen LogP) is 5.49. The SMILES string of the molecule is CC1CCCC(C)(c2nn3c(C(F)(F)F)cc(-c4cccs4)nc3c2Br)N1C=O. The van der Waals surface area contributed by atoms with Crippen LogP contribution >= 0.6 is 27.3 Å². The predicted molar refractivity (Wildman–Crippen MR) is 108 cm³/mol. The number of halogens is 4. The van der Waals surface area contributed by atoms with E-state index in [1.54, 1.807) is 22.4 Å². The summed E-state index contributed by atoms with van der Waals surface area (Å²) in [4.78, 5) is 18.6. The second kappa shape index (κ2) is 7.09. The second-order valence-corrected chi connectivity index (χ2v) is 9.17. The number of hydrogen-bond donors (Lipinski definition) is 0. The summed E-state index contributed by atoms with van der Waals surface area (Å²) in [5, 5.41) is 6.11. The van der Waals surface area contributed by atoms with Gasteiger partial charge in [-0.2, -0.15) is 18.3 Å². The average Bonchev–Trinajstić information content (AvgIpc) is 3.29. The van der Waals surface area contributed by atoms with Gasteiger partial charge in [-0.05, 0) is 66.6 Å². The van der Waals surface area contributed by atoms with E-state index < -0.39 is 17.4 Å². The highest BCUT2D eigenvalue weighted by Gasteiger charge is 2.44. The molecule has 3 aromatic heterocycles. The highest BCUT2D eigenvalue weighted by molar-refractivity contribution is 9.10. The maximum absolute atomic E-state index is 13.9. The summed E-state index contributed by atoms with van der Waals surface area (Å²) in [7, 11) is 0. The Morgan fingerprint density at radius 2 is 2.17 bits per heavy atom. The minimum Gasteiger partial charge on any atom is -0.331 e. The van der Waals surface area contributed by atoms with E-state index in [0.717, 1.165) is 29.8 Å². The van der Waals surface area contributed by atoms with Crippen molar-refractivity contribution in [3.63, 3.8) is 0 Å². The van der Waals surface area contributed by atoms with Gasteiger partial charge < -0.3 is 4.90 Å². The zero-order valence-electron chi connectivity index (χ0n) is 15.7. The van der Waals surface area contributed by atoms with Crippen LogP contribution in [0.2, 0.25) is 0 Å². The van der Waals surface area contributed by atoms with Gasteiger partial charge in [0.25, 0.3) is 0 Å². The first-order valence-corrected chi connectivity index (χ1v) is 10.8. The van der Waals surface area contributed by atoms with E-state index in [1.165, 1.54) is 11.3 Å². The molecular weight excluding hydrogens is 469 g/mol. The number of rotatable bonds is 3. The Bertz CT molecular complexity index is 1070. The monoisotopic (exact) mass is 486 g/mol. The third-order valence-corrected chi connectivity index (χ3v) is 7.17. The zero-order valence-corrected chi connectivity index (χ0v) is 18.1. The van der Waals surface area contributed by atoms with Gasteiger partial charge in [0.1, 0.15) is 5.69 Å². The van der Waals surface area contributed by atoms with Gasteiger partial charge in [0.15, 0.2) is 11.3 Å². The fraction of sp³-hybridized carbons (Fsp3) is 0.421. The molecule has 3 aromatic rings. The molecule has 2 unspecified atom stereocenters. The summed E-state index contributed by atoms with van der Waals surface area (Å²) in [6, 6.07) is 4.49. The van der Waals surface area contributed by atoms with Crippen LogP contribution in [0.5, 0.6) is 0 Å². The van der Waals surface area contributed by atoms with Crippen LogP contribution in [0, 0.1) is 0 Å². The van der Waals surface area contributed by atoms with Gasteiger partial charge in [0, 0.05) is 6.04 Å². The molecule has 0 saturated carbocycles. The smallest absolute Gasteiger partial charge is 0.331 e. The molecule has 0 N–H and O–H groups in total. The quantitative estimate of drug-likeness (QED) is 0.460. The summed E-state index contributed by atoms with van der Waals surface area (Å²) in [5.74, 6) is 0. The molecule has 0 aromatic carbocycles. The topological polar surface area (TPSA) is 50.5 Å². The lowest BCUT2D eigenvalue weighted by molar-refractivity contribution is -0.142. The Labute approximate surface area is 177 Å². The van der Waals surface area contributed by atoms with Crippen molar-refractivity contribution in [3.05, 3.63) is 39.4 Å². The second-order valence-electron chi connectivity index (χ2n) is 7.43. The molecule has 0 bridgehead atoms. The Morgan fingerprint density at radius 3 is 2.79 bits per heavy atom. The summed E-state index contributed by atoms with van der Waals surface area (Å²) in [6.07, 6.45) is -1.55. The molecule has 0 radical (unpaired) electrons. The Hall–Kier alpha value is -1.94. The number of carbonyl (C=O) groups is 1. The average molecular weight is 487 g/mol. The van der Waals surface area contributed by atoms with Crippen molar-refractivity contribution in [1.82, 2.24) is 19.5 Å². The van der Waals surface area contributed by atoms with E-state index in [2.05, 4.69) is 26.0 Å². The molecule has 4 rings (SSSR count). The molecule has 5 nitrogen and oxygen atoms in total. The number of piperidine rings is 1. The van der Waals surface area contributed by atoms with E-state index in [0.29, 0.717) is 21.5 Å². The number of likely N-dealkylation sites (tertiary alicyclic amines) is 1. The standard InChI is InChI=1S/C19H18BrF3N4OS/c1-11-5-3-7-18(2,26(11)10-28)16-15(20)17-24-12(13-6-4-8-29-13)9-14(19(21,22)23)27(17)25-16/h4,6,8-11H,3,5,7H2,1-2H3. The fourth-order valence-electron chi connectivity index (χ4n) is 4.05. The van der Waals surface area contributed by atoms with Crippen LogP contribution in [0.3, 0.4) is 0 Å². The van der Waals surface area contributed by atoms with Crippen molar-refractivity contribution in [2.75, 3.05) is 0 Å². The van der Waals surface area contributed by atoms with Crippen molar-refractivity contribution in [3.8, 4) is 10.6 Å². The normalized spacial score (nSPS) is 23.0. The van der Waals surface area contributed by atoms with E-state index >= 15 is 0 Å². The summed E-state index contributed by atoms with van der Waals surface area (Å²) < 4.78 is 42.8. The van der Waals surface area contributed by atoms with Gasteiger partial charge in [-0.3, -0.25) is 4.79 Å². The van der Waals surface area contributed by atoms with Crippen LogP contribution in [-0.2, 0) is 16.5 Å². The minimum atomic E-state index is -4.61. The fourth-order valence-corrected chi connectivity index (χ4v) is 5.49. The van der Waals surface area contributed by atoms with E-state index in [4.69, 9.17) is 0 Å². The maximum atomic E-state index is 13.9. The minimum absolute atomic E-state index is 0.0281. The van der Waals surface area contributed by atoms with Gasteiger partial charge in [-0.1, -0.05) is 6.07 Å². The molecule has 1 aliphatic rings. The number of nitrogens with zero attached hydrogens (tertiary/aromatic N) is 4. The molecular formula is C19H18BrF3N4OS. The number of aromatic nitrogens is 3. The molecule has 0 aliphatic carbocycles. The van der Waals surface area contributed by atoms with Crippen LogP contribution < -0.4 is 0 Å². The van der Waals surface area contributed by atoms with Crippen molar-refractivity contribution in [1.29, 1.82) is 0 Å². The number of amides is 1. The summed E-state index contributed by atoms with van der Waals surface area (Å²) >= 11 is 4.76. The van der Waals surface area contributed by atoms with Crippen LogP contribution in [-0.4, -0.2) is 31.9 Å². The Kier molecular flexibility index (Phi) is 4.97.